The maximum absolute atomic E-state index is 9.14. The van der Waals surface area contributed by atoms with Crippen molar-refractivity contribution in [2.24, 2.45) is 0 Å². The Kier molecular flexibility index (Phi) is 2.74. The van der Waals surface area contributed by atoms with Crippen LogP contribution in [0.2, 0.25) is 0 Å². The summed E-state index contributed by atoms with van der Waals surface area (Å²) >= 11 is 0. The topological polar surface area (TPSA) is 33.0 Å². The highest BCUT2D eigenvalue weighted by Gasteiger charge is 2.12. The first kappa shape index (κ1) is 10.9. The molecule has 0 bridgehead atoms. The third-order valence-electron chi connectivity index (χ3n) is 3.27. The number of fused-ring (bicyclic) bond motifs is 1. The second-order valence-electron chi connectivity index (χ2n) is 4.43. The number of aryl methyl sites for hydroxylation is 1. The molecule has 1 aliphatic heterocycles. The van der Waals surface area contributed by atoms with Crippen LogP contribution in [-0.4, -0.2) is 6.61 Å². The van der Waals surface area contributed by atoms with Crippen molar-refractivity contribution in [2.75, 3.05) is 6.61 Å². The average Bonchev–Trinajstić information content (AvgIpc) is 2.46. The van der Waals surface area contributed by atoms with Crippen LogP contribution in [0.3, 0.4) is 0 Å². The third kappa shape index (κ3) is 1.84. The smallest absolute Gasteiger partial charge is 0.123 e. The van der Waals surface area contributed by atoms with Crippen molar-refractivity contribution in [1.29, 1.82) is 5.26 Å². The van der Waals surface area contributed by atoms with Gasteiger partial charge in [0, 0.05) is 0 Å². The second-order valence-corrected chi connectivity index (χ2v) is 4.43. The fourth-order valence-corrected chi connectivity index (χ4v) is 2.34. The highest BCUT2D eigenvalue weighted by molar-refractivity contribution is 5.72. The number of hydrogen-bond donors (Lipinski definition) is 0. The number of ether oxygens (including phenoxy) is 1. The van der Waals surface area contributed by atoms with E-state index in [1.165, 1.54) is 5.56 Å². The quantitative estimate of drug-likeness (QED) is 0.757. The summed E-state index contributed by atoms with van der Waals surface area (Å²) < 4.78 is 5.68. The van der Waals surface area contributed by atoms with Gasteiger partial charge in [-0.05, 0) is 41.7 Å². The molecule has 0 radical (unpaired) electrons. The first-order valence-corrected chi connectivity index (χ1v) is 6.14. The number of nitriles is 1. The molecule has 0 amide bonds. The van der Waals surface area contributed by atoms with Crippen LogP contribution >= 0.6 is 0 Å². The van der Waals surface area contributed by atoms with Crippen molar-refractivity contribution in [3.05, 3.63) is 53.6 Å². The zero-order valence-corrected chi connectivity index (χ0v) is 10.0. The maximum Gasteiger partial charge on any atom is 0.123 e. The minimum atomic E-state index is 0.702. The SMILES string of the molecule is N#Cc1ccccc1-c1ccc2c(c1)OCCC2. The van der Waals surface area contributed by atoms with Crippen LogP contribution in [0.1, 0.15) is 17.5 Å². The van der Waals surface area contributed by atoms with Crippen LogP contribution in [-0.2, 0) is 6.42 Å². The zero-order chi connectivity index (χ0) is 12.4. The summed E-state index contributed by atoms with van der Waals surface area (Å²) in [7, 11) is 0. The molecule has 88 valence electrons. The Morgan fingerprint density at radius 2 is 2.00 bits per heavy atom. The van der Waals surface area contributed by atoms with Gasteiger partial charge in [-0.15, -0.1) is 0 Å². The van der Waals surface area contributed by atoms with Crippen molar-refractivity contribution in [2.45, 2.75) is 12.8 Å². The van der Waals surface area contributed by atoms with Gasteiger partial charge in [-0.25, -0.2) is 0 Å². The zero-order valence-electron chi connectivity index (χ0n) is 10.0. The highest BCUT2D eigenvalue weighted by Crippen LogP contribution is 2.31. The lowest BCUT2D eigenvalue weighted by Crippen LogP contribution is -2.08. The van der Waals surface area contributed by atoms with Gasteiger partial charge in [-0.1, -0.05) is 30.3 Å². The predicted octanol–water partition coefficient (Wildman–Crippen LogP) is 3.55. The fourth-order valence-electron chi connectivity index (χ4n) is 2.34. The first-order valence-electron chi connectivity index (χ1n) is 6.14. The summed E-state index contributed by atoms with van der Waals surface area (Å²) in [6.07, 6.45) is 2.16. The molecule has 0 saturated carbocycles. The minimum absolute atomic E-state index is 0.702. The molecule has 18 heavy (non-hydrogen) atoms. The minimum Gasteiger partial charge on any atom is -0.493 e. The summed E-state index contributed by atoms with van der Waals surface area (Å²) in [5.41, 5.74) is 3.98. The van der Waals surface area contributed by atoms with E-state index in [4.69, 9.17) is 10.00 Å². The van der Waals surface area contributed by atoms with E-state index >= 15 is 0 Å². The standard InChI is InChI=1S/C16H13NO/c17-11-14-4-1-2-6-15(14)13-8-7-12-5-3-9-18-16(12)10-13/h1-2,4,6-8,10H,3,5,9H2. The molecule has 0 aliphatic carbocycles. The molecular formula is C16H13NO. The van der Waals surface area contributed by atoms with E-state index in [0.29, 0.717) is 5.56 Å². The van der Waals surface area contributed by atoms with Crippen LogP contribution in [0.5, 0.6) is 5.75 Å². The van der Waals surface area contributed by atoms with Gasteiger partial charge in [0.1, 0.15) is 5.75 Å². The van der Waals surface area contributed by atoms with E-state index in [0.717, 1.165) is 36.3 Å². The molecular weight excluding hydrogens is 222 g/mol. The van der Waals surface area contributed by atoms with Crippen molar-refractivity contribution in [3.63, 3.8) is 0 Å². The van der Waals surface area contributed by atoms with Crippen LogP contribution in [0.4, 0.5) is 0 Å². The average molecular weight is 235 g/mol. The Morgan fingerprint density at radius 3 is 2.89 bits per heavy atom. The molecule has 1 aliphatic rings. The van der Waals surface area contributed by atoms with Gasteiger partial charge in [0.05, 0.1) is 18.2 Å². The van der Waals surface area contributed by atoms with Crippen LogP contribution in [0, 0.1) is 11.3 Å². The van der Waals surface area contributed by atoms with Crippen LogP contribution < -0.4 is 4.74 Å². The van der Waals surface area contributed by atoms with E-state index < -0.39 is 0 Å². The number of rotatable bonds is 1. The molecule has 0 atom stereocenters. The molecule has 3 rings (SSSR count). The highest BCUT2D eigenvalue weighted by atomic mass is 16.5. The Bertz CT molecular complexity index is 625. The lowest BCUT2D eigenvalue weighted by molar-refractivity contribution is 0.288. The van der Waals surface area contributed by atoms with E-state index in [1.807, 2.05) is 30.3 Å². The Hall–Kier alpha value is -2.27. The molecule has 0 fully saturated rings. The molecule has 1 heterocycles. The predicted molar refractivity (Wildman–Crippen MR) is 70.4 cm³/mol. The molecule has 0 N–H and O–H groups in total. The molecule has 0 spiro atoms. The molecule has 2 aromatic carbocycles. The van der Waals surface area contributed by atoms with E-state index in [2.05, 4.69) is 18.2 Å². The van der Waals surface area contributed by atoms with Crippen molar-refractivity contribution >= 4 is 0 Å². The van der Waals surface area contributed by atoms with Crippen molar-refractivity contribution in [1.82, 2.24) is 0 Å². The fraction of sp³-hybridized carbons (Fsp3) is 0.188. The normalized spacial score (nSPS) is 13.3. The van der Waals surface area contributed by atoms with Gasteiger partial charge < -0.3 is 4.74 Å². The van der Waals surface area contributed by atoms with Gasteiger partial charge in [0.25, 0.3) is 0 Å². The summed E-state index contributed by atoms with van der Waals surface area (Å²) in [5.74, 6) is 0.964. The molecule has 0 saturated heterocycles. The molecule has 0 aromatic heterocycles. The monoisotopic (exact) mass is 235 g/mol. The molecule has 2 aromatic rings. The summed E-state index contributed by atoms with van der Waals surface area (Å²) in [5, 5.41) is 9.14. The largest absolute Gasteiger partial charge is 0.493 e. The number of nitrogens with zero attached hydrogens (tertiary/aromatic N) is 1. The molecule has 2 nitrogen and oxygen atoms in total. The second kappa shape index (κ2) is 4.54. The third-order valence-corrected chi connectivity index (χ3v) is 3.27. The van der Waals surface area contributed by atoms with Crippen molar-refractivity contribution in [3.8, 4) is 22.9 Å². The Balaban J connectivity index is 2.10. The van der Waals surface area contributed by atoms with Crippen molar-refractivity contribution < 1.29 is 4.74 Å². The van der Waals surface area contributed by atoms with Gasteiger partial charge in [0.15, 0.2) is 0 Å². The lowest BCUT2D eigenvalue weighted by atomic mass is 9.97. The van der Waals surface area contributed by atoms with Gasteiger partial charge in [0.2, 0.25) is 0 Å². The van der Waals surface area contributed by atoms with E-state index in [1.54, 1.807) is 0 Å². The van der Waals surface area contributed by atoms with E-state index in [-0.39, 0.29) is 0 Å². The van der Waals surface area contributed by atoms with Gasteiger partial charge in [-0.3, -0.25) is 0 Å². The van der Waals surface area contributed by atoms with Crippen LogP contribution in [0.15, 0.2) is 42.5 Å². The summed E-state index contributed by atoms with van der Waals surface area (Å²) in [6.45, 7) is 0.788. The maximum atomic E-state index is 9.14. The Morgan fingerprint density at radius 1 is 1.11 bits per heavy atom. The van der Waals surface area contributed by atoms with E-state index in [9.17, 15) is 0 Å². The molecule has 2 heteroatoms. The first-order chi connectivity index (χ1) is 8.88. The van der Waals surface area contributed by atoms with Crippen LogP contribution in [0.25, 0.3) is 11.1 Å². The molecule has 0 unspecified atom stereocenters. The lowest BCUT2D eigenvalue weighted by Gasteiger charge is -2.18. The number of benzene rings is 2. The summed E-state index contributed by atoms with van der Waals surface area (Å²) in [6, 6.07) is 16.1. The summed E-state index contributed by atoms with van der Waals surface area (Å²) in [4.78, 5) is 0. The number of hydrogen-bond acceptors (Lipinski definition) is 2. The van der Waals surface area contributed by atoms with Gasteiger partial charge >= 0.3 is 0 Å². The van der Waals surface area contributed by atoms with Gasteiger partial charge in [-0.2, -0.15) is 5.26 Å². The Labute approximate surface area is 106 Å².